The topological polar surface area (TPSA) is 44.5 Å². The van der Waals surface area contributed by atoms with Crippen LogP contribution in [0, 0.1) is 0 Å². The van der Waals surface area contributed by atoms with Gasteiger partial charge >= 0.3 is 0 Å². The van der Waals surface area contributed by atoms with E-state index in [4.69, 9.17) is 15.2 Å². The Morgan fingerprint density at radius 3 is 1.82 bits per heavy atom. The van der Waals surface area contributed by atoms with Gasteiger partial charge in [-0.3, -0.25) is 0 Å². The van der Waals surface area contributed by atoms with Crippen molar-refractivity contribution in [3.63, 3.8) is 0 Å². The molecule has 0 atom stereocenters. The average Bonchev–Trinajstić information content (AvgIpc) is 2.57. The van der Waals surface area contributed by atoms with Gasteiger partial charge in [0.05, 0.1) is 0 Å². The van der Waals surface area contributed by atoms with Crippen molar-refractivity contribution in [3.8, 4) is 17.2 Å². The summed E-state index contributed by atoms with van der Waals surface area (Å²) in [5.74, 6) is 2.33. The van der Waals surface area contributed by atoms with E-state index in [1.165, 1.54) is 0 Å². The third-order valence-corrected chi connectivity index (χ3v) is 3.19. The van der Waals surface area contributed by atoms with E-state index in [1.54, 1.807) is 0 Å². The number of rotatable bonds is 5. The summed E-state index contributed by atoms with van der Waals surface area (Å²) in [5.41, 5.74) is 7.51. The Labute approximate surface area is 129 Å². The van der Waals surface area contributed by atoms with Gasteiger partial charge in [0.25, 0.3) is 0 Å². The molecule has 0 saturated heterocycles. The second kappa shape index (κ2) is 6.68. The first-order valence-electron chi connectivity index (χ1n) is 7.10. The predicted octanol–water partition coefficient (Wildman–Crippen LogP) is 4.64. The lowest BCUT2D eigenvalue weighted by Gasteiger charge is -2.09. The Kier molecular flexibility index (Phi) is 4.25. The van der Waals surface area contributed by atoms with Crippen molar-refractivity contribution in [2.24, 2.45) is 0 Å². The van der Waals surface area contributed by atoms with Crippen molar-refractivity contribution in [3.05, 3.63) is 84.4 Å². The summed E-state index contributed by atoms with van der Waals surface area (Å²) in [5, 5.41) is 0. The quantitative estimate of drug-likeness (QED) is 0.696. The molecular weight excluding hydrogens is 274 g/mol. The standard InChI is InChI=1S/C19H17NO2/c20-16-6-8-18(9-7-16)22-19-12-10-17(11-13-19)21-14-15-4-2-1-3-5-15/h1-13H,14,20H2. The van der Waals surface area contributed by atoms with Gasteiger partial charge in [0.1, 0.15) is 23.9 Å². The molecule has 3 nitrogen and oxygen atoms in total. The van der Waals surface area contributed by atoms with E-state index in [0.29, 0.717) is 6.61 Å². The van der Waals surface area contributed by atoms with Gasteiger partial charge in [0.15, 0.2) is 0 Å². The molecule has 0 saturated carbocycles. The number of nitrogen functional groups attached to an aromatic ring is 1. The van der Waals surface area contributed by atoms with Crippen LogP contribution in [0.1, 0.15) is 5.56 Å². The van der Waals surface area contributed by atoms with Crippen LogP contribution in [0.15, 0.2) is 78.9 Å². The molecule has 0 spiro atoms. The summed E-state index contributed by atoms with van der Waals surface area (Å²) < 4.78 is 11.5. The molecule has 3 rings (SSSR count). The van der Waals surface area contributed by atoms with Crippen molar-refractivity contribution in [2.45, 2.75) is 6.61 Å². The number of ether oxygens (including phenoxy) is 2. The molecule has 0 fully saturated rings. The molecule has 0 bridgehead atoms. The van der Waals surface area contributed by atoms with E-state index in [-0.39, 0.29) is 0 Å². The van der Waals surface area contributed by atoms with Gasteiger partial charge in [-0.2, -0.15) is 0 Å². The van der Waals surface area contributed by atoms with Crippen molar-refractivity contribution in [1.82, 2.24) is 0 Å². The van der Waals surface area contributed by atoms with Crippen molar-refractivity contribution in [1.29, 1.82) is 0 Å². The Morgan fingerprint density at radius 2 is 1.18 bits per heavy atom. The van der Waals surface area contributed by atoms with Gasteiger partial charge in [-0.15, -0.1) is 0 Å². The van der Waals surface area contributed by atoms with Gasteiger partial charge in [0, 0.05) is 5.69 Å². The second-order valence-corrected chi connectivity index (χ2v) is 4.92. The highest BCUT2D eigenvalue weighted by Gasteiger charge is 1.99. The van der Waals surface area contributed by atoms with Crippen LogP contribution in [0.3, 0.4) is 0 Å². The molecule has 3 heteroatoms. The minimum Gasteiger partial charge on any atom is -0.489 e. The average molecular weight is 291 g/mol. The lowest BCUT2D eigenvalue weighted by Crippen LogP contribution is -1.94. The summed E-state index contributed by atoms with van der Waals surface area (Å²) in [6.45, 7) is 0.555. The van der Waals surface area contributed by atoms with E-state index in [1.807, 2.05) is 78.9 Å². The van der Waals surface area contributed by atoms with Gasteiger partial charge in [-0.1, -0.05) is 30.3 Å². The van der Waals surface area contributed by atoms with E-state index >= 15 is 0 Å². The highest BCUT2D eigenvalue weighted by Crippen LogP contribution is 2.24. The molecule has 3 aromatic carbocycles. The Balaban J connectivity index is 1.59. The minimum atomic E-state index is 0.555. The molecule has 0 aromatic heterocycles. The zero-order valence-electron chi connectivity index (χ0n) is 12.1. The van der Waals surface area contributed by atoms with Gasteiger partial charge in [-0.05, 0) is 54.1 Å². The van der Waals surface area contributed by atoms with Gasteiger partial charge in [-0.25, -0.2) is 0 Å². The molecule has 0 radical (unpaired) electrons. The second-order valence-electron chi connectivity index (χ2n) is 4.92. The Bertz CT molecular complexity index is 707. The van der Waals surface area contributed by atoms with E-state index < -0.39 is 0 Å². The normalized spacial score (nSPS) is 10.2. The molecule has 110 valence electrons. The molecule has 0 heterocycles. The van der Waals surface area contributed by atoms with Crippen LogP contribution in [0.4, 0.5) is 5.69 Å². The molecule has 0 unspecified atom stereocenters. The number of nitrogens with two attached hydrogens (primary N) is 1. The monoisotopic (exact) mass is 291 g/mol. The Hall–Kier alpha value is -2.94. The maximum Gasteiger partial charge on any atom is 0.127 e. The number of benzene rings is 3. The third-order valence-electron chi connectivity index (χ3n) is 3.19. The van der Waals surface area contributed by atoms with Crippen LogP contribution >= 0.6 is 0 Å². The first-order valence-corrected chi connectivity index (χ1v) is 7.10. The fraction of sp³-hybridized carbons (Fsp3) is 0.0526. The number of anilines is 1. The highest BCUT2D eigenvalue weighted by molar-refractivity contribution is 5.43. The van der Waals surface area contributed by atoms with E-state index in [2.05, 4.69) is 0 Å². The summed E-state index contributed by atoms with van der Waals surface area (Å²) in [6.07, 6.45) is 0. The van der Waals surface area contributed by atoms with E-state index in [0.717, 1.165) is 28.5 Å². The van der Waals surface area contributed by atoms with Crippen molar-refractivity contribution < 1.29 is 9.47 Å². The van der Waals surface area contributed by atoms with Crippen LogP contribution in [0.5, 0.6) is 17.2 Å². The fourth-order valence-corrected chi connectivity index (χ4v) is 2.02. The Morgan fingerprint density at radius 1 is 0.636 bits per heavy atom. The highest BCUT2D eigenvalue weighted by atomic mass is 16.5. The maximum absolute atomic E-state index is 5.74. The summed E-state index contributed by atoms with van der Waals surface area (Å²) in [4.78, 5) is 0. The predicted molar refractivity (Wildman–Crippen MR) is 88.1 cm³/mol. The lowest BCUT2D eigenvalue weighted by molar-refractivity contribution is 0.306. The molecule has 22 heavy (non-hydrogen) atoms. The smallest absolute Gasteiger partial charge is 0.127 e. The van der Waals surface area contributed by atoms with Crippen LogP contribution in [0.25, 0.3) is 0 Å². The third kappa shape index (κ3) is 3.79. The van der Waals surface area contributed by atoms with Gasteiger partial charge < -0.3 is 15.2 Å². The molecular formula is C19H17NO2. The van der Waals surface area contributed by atoms with Crippen LogP contribution in [0.2, 0.25) is 0 Å². The molecule has 0 aliphatic heterocycles. The molecule has 3 aromatic rings. The SMILES string of the molecule is Nc1ccc(Oc2ccc(OCc3ccccc3)cc2)cc1. The van der Waals surface area contributed by atoms with Crippen LogP contribution in [-0.2, 0) is 6.61 Å². The maximum atomic E-state index is 5.74. The first kappa shape index (κ1) is 14.0. The first-order chi connectivity index (χ1) is 10.8. The molecule has 0 aliphatic rings. The summed E-state index contributed by atoms with van der Waals surface area (Å²) in [6, 6.07) is 25.0. The summed E-state index contributed by atoms with van der Waals surface area (Å²) in [7, 11) is 0. The van der Waals surface area contributed by atoms with E-state index in [9.17, 15) is 0 Å². The lowest BCUT2D eigenvalue weighted by atomic mass is 10.2. The van der Waals surface area contributed by atoms with Gasteiger partial charge in [0.2, 0.25) is 0 Å². The van der Waals surface area contributed by atoms with Crippen molar-refractivity contribution >= 4 is 5.69 Å². The van der Waals surface area contributed by atoms with Crippen LogP contribution in [-0.4, -0.2) is 0 Å². The molecule has 0 amide bonds. The minimum absolute atomic E-state index is 0.555. The number of hydrogen-bond acceptors (Lipinski definition) is 3. The van der Waals surface area contributed by atoms with Crippen molar-refractivity contribution in [2.75, 3.05) is 5.73 Å². The fourth-order valence-electron chi connectivity index (χ4n) is 2.02. The van der Waals surface area contributed by atoms with Crippen LogP contribution < -0.4 is 15.2 Å². The largest absolute Gasteiger partial charge is 0.489 e. The summed E-state index contributed by atoms with van der Waals surface area (Å²) >= 11 is 0. The molecule has 0 aliphatic carbocycles. The zero-order valence-corrected chi connectivity index (χ0v) is 12.1. The molecule has 2 N–H and O–H groups in total. The number of hydrogen-bond donors (Lipinski definition) is 1. The zero-order chi connectivity index (χ0) is 15.2.